The Balaban J connectivity index is 1.70. The molecule has 0 aliphatic carbocycles. The SMILES string of the molecule is CC(C)N1CCC(Nc2noc(-c3ccccc3)n2)C1=O. The Morgan fingerprint density at radius 1 is 1.33 bits per heavy atom. The molecular formula is C15H18N4O2. The van der Waals surface area contributed by atoms with E-state index < -0.39 is 0 Å². The van der Waals surface area contributed by atoms with Crippen LogP contribution in [0.5, 0.6) is 0 Å². The molecule has 0 spiro atoms. The predicted octanol–water partition coefficient (Wildman–Crippen LogP) is 2.16. The van der Waals surface area contributed by atoms with E-state index in [0.29, 0.717) is 11.8 Å². The number of hydrogen-bond donors (Lipinski definition) is 1. The highest BCUT2D eigenvalue weighted by molar-refractivity contribution is 5.86. The van der Waals surface area contributed by atoms with Crippen molar-refractivity contribution in [2.45, 2.75) is 32.4 Å². The lowest BCUT2D eigenvalue weighted by molar-refractivity contribution is -0.129. The Morgan fingerprint density at radius 2 is 2.10 bits per heavy atom. The van der Waals surface area contributed by atoms with E-state index in [9.17, 15) is 4.79 Å². The largest absolute Gasteiger partial charge is 0.340 e. The van der Waals surface area contributed by atoms with Gasteiger partial charge >= 0.3 is 0 Å². The van der Waals surface area contributed by atoms with Crippen LogP contribution in [0.15, 0.2) is 34.9 Å². The number of anilines is 1. The lowest BCUT2D eigenvalue weighted by Gasteiger charge is -2.20. The van der Waals surface area contributed by atoms with Crippen LogP contribution in [-0.4, -0.2) is 39.6 Å². The fraction of sp³-hybridized carbons (Fsp3) is 0.400. The van der Waals surface area contributed by atoms with E-state index in [1.165, 1.54) is 0 Å². The molecule has 1 aliphatic heterocycles. The molecule has 1 amide bonds. The molecule has 0 saturated carbocycles. The maximum absolute atomic E-state index is 12.2. The Morgan fingerprint density at radius 3 is 2.76 bits per heavy atom. The van der Waals surface area contributed by atoms with E-state index in [1.54, 1.807) is 0 Å². The first kappa shape index (κ1) is 13.6. The number of carbonyl (C=O) groups is 1. The molecule has 1 atom stereocenters. The molecule has 1 unspecified atom stereocenters. The third-order valence-corrected chi connectivity index (χ3v) is 3.61. The van der Waals surface area contributed by atoms with Crippen molar-refractivity contribution in [3.05, 3.63) is 30.3 Å². The van der Waals surface area contributed by atoms with Crippen molar-refractivity contribution in [1.82, 2.24) is 15.0 Å². The molecule has 21 heavy (non-hydrogen) atoms. The summed E-state index contributed by atoms with van der Waals surface area (Å²) >= 11 is 0. The van der Waals surface area contributed by atoms with Gasteiger partial charge in [0, 0.05) is 18.2 Å². The van der Waals surface area contributed by atoms with Gasteiger partial charge in [0.1, 0.15) is 6.04 Å². The molecular weight excluding hydrogens is 268 g/mol. The molecule has 1 aliphatic rings. The number of rotatable bonds is 4. The van der Waals surface area contributed by atoms with Crippen molar-refractivity contribution in [3.63, 3.8) is 0 Å². The second-order valence-corrected chi connectivity index (χ2v) is 5.40. The van der Waals surface area contributed by atoms with Gasteiger partial charge in [-0.2, -0.15) is 4.98 Å². The summed E-state index contributed by atoms with van der Waals surface area (Å²) in [6.07, 6.45) is 0.756. The summed E-state index contributed by atoms with van der Waals surface area (Å²) in [5.41, 5.74) is 0.861. The highest BCUT2D eigenvalue weighted by Gasteiger charge is 2.33. The van der Waals surface area contributed by atoms with Crippen LogP contribution in [0.25, 0.3) is 11.5 Å². The average Bonchev–Trinajstić information content (AvgIpc) is 3.08. The Kier molecular flexibility index (Phi) is 3.60. The second-order valence-electron chi connectivity index (χ2n) is 5.40. The summed E-state index contributed by atoms with van der Waals surface area (Å²) in [6, 6.07) is 9.50. The topological polar surface area (TPSA) is 71.3 Å². The number of benzene rings is 1. The molecule has 0 bridgehead atoms. The van der Waals surface area contributed by atoms with Crippen molar-refractivity contribution >= 4 is 11.9 Å². The van der Waals surface area contributed by atoms with E-state index in [4.69, 9.17) is 4.52 Å². The third kappa shape index (κ3) is 2.74. The van der Waals surface area contributed by atoms with Crippen molar-refractivity contribution in [2.24, 2.45) is 0 Å². The average molecular weight is 286 g/mol. The molecule has 2 aromatic rings. The normalized spacial score (nSPS) is 18.5. The molecule has 6 nitrogen and oxygen atoms in total. The Bertz CT molecular complexity index is 624. The maximum atomic E-state index is 12.2. The predicted molar refractivity (Wildman–Crippen MR) is 78.6 cm³/mol. The summed E-state index contributed by atoms with van der Waals surface area (Å²) in [4.78, 5) is 18.4. The first-order valence-corrected chi connectivity index (χ1v) is 7.11. The number of amides is 1. The van der Waals surface area contributed by atoms with Crippen LogP contribution in [0.4, 0.5) is 5.95 Å². The zero-order valence-corrected chi connectivity index (χ0v) is 12.1. The number of aromatic nitrogens is 2. The minimum atomic E-state index is -0.270. The van der Waals surface area contributed by atoms with Gasteiger partial charge in [0.25, 0.3) is 11.8 Å². The summed E-state index contributed by atoms with van der Waals surface area (Å²) in [5.74, 6) is 0.901. The first-order chi connectivity index (χ1) is 10.1. The van der Waals surface area contributed by atoms with E-state index in [1.807, 2.05) is 49.1 Å². The molecule has 1 fully saturated rings. The number of nitrogens with zero attached hydrogens (tertiary/aromatic N) is 3. The van der Waals surface area contributed by atoms with Gasteiger partial charge in [0.15, 0.2) is 0 Å². The molecule has 2 heterocycles. The molecule has 1 aromatic heterocycles. The van der Waals surface area contributed by atoms with Crippen LogP contribution in [0.3, 0.4) is 0 Å². The lowest BCUT2D eigenvalue weighted by Crippen LogP contribution is -2.37. The van der Waals surface area contributed by atoms with Crippen molar-refractivity contribution in [1.29, 1.82) is 0 Å². The molecule has 1 N–H and O–H groups in total. The summed E-state index contributed by atoms with van der Waals surface area (Å²) in [6.45, 7) is 4.79. The molecule has 1 aromatic carbocycles. The van der Waals surface area contributed by atoms with Crippen molar-refractivity contribution in [2.75, 3.05) is 11.9 Å². The Hall–Kier alpha value is -2.37. The smallest absolute Gasteiger partial charge is 0.264 e. The standard InChI is InChI=1S/C15H18N4O2/c1-10(2)19-9-8-12(14(19)20)16-15-17-13(21-18-15)11-6-4-3-5-7-11/h3-7,10,12H,8-9H2,1-2H3,(H,16,18). The lowest BCUT2D eigenvalue weighted by atomic mass is 10.2. The monoisotopic (exact) mass is 286 g/mol. The van der Waals surface area contributed by atoms with Crippen molar-refractivity contribution < 1.29 is 9.32 Å². The molecule has 3 rings (SSSR count). The van der Waals surface area contributed by atoms with Crippen LogP contribution < -0.4 is 5.32 Å². The minimum Gasteiger partial charge on any atom is -0.340 e. The van der Waals surface area contributed by atoms with Gasteiger partial charge in [-0.3, -0.25) is 4.79 Å². The second kappa shape index (κ2) is 5.55. The van der Waals surface area contributed by atoms with Crippen molar-refractivity contribution in [3.8, 4) is 11.5 Å². The number of nitrogens with one attached hydrogen (secondary N) is 1. The van der Waals surface area contributed by atoms with Crippen LogP contribution in [-0.2, 0) is 4.79 Å². The summed E-state index contributed by atoms with van der Waals surface area (Å²) < 4.78 is 5.22. The van der Waals surface area contributed by atoms with E-state index >= 15 is 0 Å². The molecule has 110 valence electrons. The van der Waals surface area contributed by atoms with Crippen LogP contribution in [0.2, 0.25) is 0 Å². The molecule has 6 heteroatoms. The number of carbonyl (C=O) groups excluding carboxylic acids is 1. The maximum Gasteiger partial charge on any atom is 0.264 e. The van der Waals surface area contributed by atoms with Gasteiger partial charge < -0.3 is 14.7 Å². The van der Waals surface area contributed by atoms with Crippen LogP contribution >= 0.6 is 0 Å². The van der Waals surface area contributed by atoms with Gasteiger partial charge in [-0.1, -0.05) is 18.2 Å². The fourth-order valence-corrected chi connectivity index (χ4v) is 2.48. The highest BCUT2D eigenvalue weighted by atomic mass is 16.5. The van der Waals surface area contributed by atoms with E-state index in [2.05, 4.69) is 15.5 Å². The van der Waals surface area contributed by atoms with Crippen LogP contribution in [0, 0.1) is 0 Å². The summed E-state index contributed by atoms with van der Waals surface area (Å²) in [7, 11) is 0. The zero-order valence-electron chi connectivity index (χ0n) is 12.1. The number of hydrogen-bond acceptors (Lipinski definition) is 5. The summed E-state index contributed by atoms with van der Waals surface area (Å²) in [5, 5.41) is 6.95. The van der Waals surface area contributed by atoms with Gasteiger partial charge in [0.2, 0.25) is 5.91 Å². The van der Waals surface area contributed by atoms with Gasteiger partial charge in [-0.15, -0.1) is 0 Å². The Labute approximate surface area is 123 Å². The van der Waals surface area contributed by atoms with Gasteiger partial charge in [-0.05, 0) is 37.6 Å². The molecule has 0 radical (unpaired) electrons. The van der Waals surface area contributed by atoms with Gasteiger partial charge in [0.05, 0.1) is 0 Å². The van der Waals surface area contributed by atoms with E-state index in [0.717, 1.165) is 18.5 Å². The van der Waals surface area contributed by atoms with Crippen LogP contribution in [0.1, 0.15) is 20.3 Å². The highest BCUT2D eigenvalue weighted by Crippen LogP contribution is 2.21. The van der Waals surface area contributed by atoms with E-state index in [-0.39, 0.29) is 18.0 Å². The molecule has 1 saturated heterocycles. The minimum absolute atomic E-state index is 0.0936. The van der Waals surface area contributed by atoms with Gasteiger partial charge in [-0.25, -0.2) is 0 Å². The quantitative estimate of drug-likeness (QED) is 0.932. The first-order valence-electron chi connectivity index (χ1n) is 7.11. The zero-order chi connectivity index (χ0) is 14.8. The number of likely N-dealkylation sites (tertiary alicyclic amines) is 1. The third-order valence-electron chi connectivity index (χ3n) is 3.61. The fourth-order valence-electron chi connectivity index (χ4n) is 2.48.